The zero-order valence-corrected chi connectivity index (χ0v) is 30.3. The number of fused-ring (bicyclic) bond motifs is 5. The lowest BCUT2D eigenvalue weighted by Gasteiger charge is -2.28. The van der Waals surface area contributed by atoms with Gasteiger partial charge in [0.15, 0.2) is 0 Å². The lowest BCUT2D eigenvalue weighted by Crippen LogP contribution is -2.42. The molecule has 5 amide bonds. The van der Waals surface area contributed by atoms with Crippen molar-refractivity contribution in [3.05, 3.63) is 95.7 Å². The minimum Gasteiger partial charge on any atom is -0.447 e. The summed E-state index contributed by atoms with van der Waals surface area (Å²) in [6.45, 7) is 1.02. The van der Waals surface area contributed by atoms with Crippen LogP contribution in [0.15, 0.2) is 78.9 Å². The molecule has 3 atom stereocenters. The monoisotopic (exact) mass is 723 g/mol. The van der Waals surface area contributed by atoms with Gasteiger partial charge in [0.05, 0.1) is 18.6 Å². The second-order valence-corrected chi connectivity index (χ2v) is 15.0. The molecule has 4 aromatic rings. The molecule has 1 aromatic heterocycles. The third-order valence-corrected chi connectivity index (χ3v) is 11.9. The van der Waals surface area contributed by atoms with Gasteiger partial charge in [-0.05, 0) is 52.6 Å². The molecule has 0 bridgehead atoms. The first kappa shape index (κ1) is 35.4. The fraction of sp³-hybridized carbons (Fsp3) is 0.385. The average Bonchev–Trinajstić information content (AvgIpc) is 3.90. The number of ether oxygens (including phenoxy) is 1. The summed E-state index contributed by atoms with van der Waals surface area (Å²) in [4.78, 5) is 50.2. The van der Waals surface area contributed by atoms with Crippen molar-refractivity contribution < 1.29 is 23.9 Å². The number of rotatable bonds is 13. The van der Waals surface area contributed by atoms with Crippen LogP contribution in [0.5, 0.6) is 0 Å². The Morgan fingerprint density at radius 2 is 1.56 bits per heavy atom. The van der Waals surface area contributed by atoms with Gasteiger partial charge in [0.2, 0.25) is 11.8 Å². The summed E-state index contributed by atoms with van der Waals surface area (Å²) >= 11 is 1.86. The molecule has 4 N–H and O–H groups in total. The van der Waals surface area contributed by atoms with Crippen LogP contribution in [0.3, 0.4) is 0 Å². The fourth-order valence-electron chi connectivity index (χ4n) is 7.58. The Labute approximate surface area is 307 Å². The molecule has 3 aromatic carbocycles. The number of nitrogens with one attached hydrogen (secondary N) is 4. The second kappa shape index (κ2) is 15.7. The van der Waals surface area contributed by atoms with E-state index in [-0.39, 0.29) is 48.9 Å². The Balaban J connectivity index is 0.881. The van der Waals surface area contributed by atoms with E-state index in [0.717, 1.165) is 46.3 Å². The van der Waals surface area contributed by atoms with Gasteiger partial charge in [0.1, 0.15) is 6.61 Å². The van der Waals surface area contributed by atoms with Crippen LogP contribution < -0.4 is 21.5 Å². The summed E-state index contributed by atoms with van der Waals surface area (Å²) < 4.78 is 7.96. The van der Waals surface area contributed by atoms with E-state index < -0.39 is 6.09 Å². The van der Waals surface area contributed by atoms with Gasteiger partial charge in [-0.2, -0.15) is 11.8 Å². The number of nitrogens with zero attached hydrogens (tertiary/aromatic N) is 3. The number of aryl methyl sites for hydroxylation is 1. The van der Waals surface area contributed by atoms with E-state index in [1.165, 1.54) is 16.1 Å². The molecule has 13 heteroatoms. The largest absolute Gasteiger partial charge is 0.447 e. The number of carbonyl (C=O) groups is 4. The van der Waals surface area contributed by atoms with Gasteiger partial charge in [0.25, 0.3) is 0 Å². The van der Waals surface area contributed by atoms with Crippen molar-refractivity contribution in [2.24, 2.45) is 0 Å². The van der Waals surface area contributed by atoms with Crippen molar-refractivity contribution in [3.8, 4) is 11.1 Å². The number of carbonyl (C=O) groups excluding carboxylic acids is 4. The van der Waals surface area contributed by atoms with Crippen LogP contribution in [0, 0.1) is 0 Å². The number of urea groups is 1. The van der Waals surface area contributed by atoms with Gasteiger partial charge in [-0.1, -0.05) is 73.2 Å². The number of aromatic nitrogens is 1. The zero-order valence-electron chi connectivity index (χ0n) is 29.5. The van der Waals surface area contributed by atoms with E-state index in [4.69, 9.17) is 4.74 Å². The third kappa shape index (κ3) is 7.61. The number of thioether (sulfide) groups is 1. The molecule has 12 nitrogen and oxygen atoms in total. The number of amides is 5. The van der Waals surface area contributed by atoms with Crippen molar-refractivity contribution >= 4 is 46.6 Å². The molecule has 2 saturated heterocycles. The summed E-state index contributed by atoms with van der Waals surface area (Å²) in [5.74, 6) is 0.361. The number of unbranched alkanes of at least 4 members (excludes halogenated alkanes) is 1. The highest BCUT2D eigenvalue weighted by atomic mass is 32.2. The molecule has 0 unspecified atom stereocenters. The van der Waals surface area contributed by atoms with E-state index in [2.05, 4.69) is 56.4 Å². The molecule has 272 valence electrons. The Bertz CT molecular complexity index is 1920. The van der Waals surface area contributed by atoms with E-state index in [1.807, 2.05) is 67.3 Å². The van der Waals surface area contributed by atoms with Crippen molar-refractivity contribution in [2.45, 2.75) is 68.4 Å². The molecule has 3 heterocycles. The van der Waals surface area contributed by atoms with Gasteiger partial charge in [0, 0.05) is 61.6 Å². The van der Waals surface area contributed by atoms with Crippen LogP contribution in [0.2, 0.25) is 0 Å². The summed E-state index contributed by atoms with van der Waals surface area (Å²) in [6, 6.07) is 26.8. The zero-order chi connectivity index (χ0) is 36.2. The van der Waals surface area contributed by atoms with E-state index in [1.54, 1.807) is 12.1 Å². The van der Waals surface area contributed by atoms with Crippen LogP contribution in [0.4, 0.5) is 9.59 Å². The van der Waals surface area contributed by atoms with Crippen LogP contribution in [0.25, 0.3) is 22.0 Å². The van der Waals surface area contributed by atoms with Crippen LogP contribution in [-0.2, 0) is 27.4 Å². The highest BCUT2D eigenvalue weighted by Crippen LogP contribution is 2.44. The normalized spacial score (nSPS) is 18.8. The highest BCUT2D eigenvalue weighted by Gasteiger charge is 2.42. The van der Waals surface area contributed by atoms with Gasteiger partial charge in [-0.25, -0.2) is 19.6 Å². The number of hydrogen-bond acceptors (Lipinski definition) is 7. The predicted molar refractivity (Wildman–Crippen MR) is 201 cm³/mol. The predicted octanol–water partition coefficient (Wildman–Crippen LogP) is 5.13. The van der Waals surface area contributed by atoms with E-state index >= 15 is 0 Å². The van der Waals surface area contributed by atoms with Crippen LogP contribution in [-0.4, -0.2) is 82.3 Å². The third-order valence-electron chi connectivity index (χ3n) is 10.4. The molecule has 1 aliphatic carbocycles. The second-order valence-electron chi connectivity index (χ2n) is 13.7. The van der Waals surface area contributed by atoms with Crippen molar-refractivity contribution in [1.82, 2.24) is 36.1 Å². The number of hydrazine groups is 2. The number of hydrogen-bond donors (Lipinski definition) is 4. The maximum Gasteiger partial charge on any atom is 0.424 e. The molecule has 2 aliphatic heterocycles. The molecule has 52 heavy (non-hydrogen) atoms. The molecule has 7 rings (SSSR count). The van der Waals surface area contributed by atoms with E-state index in [9.17, 15) is 19.2 Å². The first-order valence-corrected chi connectivity index (χ1v) is 18.9. The molecule has 0 saturated carbocycles. The van der Waals surface area contributed by atoms with Gasteiger partial charge in [-0.15, -0.1) is 0 Å². The van der Waals surface area contributed by atoms with Gasteiger partial charge < -0.3 is 19.9 Å². The maximum atomic E-state index is 13.3. The summed E-state index contributed by atoms with van der Waals surface area (Å²) in [5.41, 5.74) is 11.7. The number of para-hydroxylation sites is 1. The van der Waals surface area contributed by atoms with Crippen LogP contribution in [0.1, 0.15) is 54.8 Å². The smallest absolute Gasteiger partial charge is 0.424 e. The lowest BCUT2D eigenvalue weighted by molar-refractivity contribution is -0.129. The number of benzene rings is 3. The van der Waals surface area contributed by atoms with Crippen molar-refractivity contribution in [3.63, 3.8) is 0 Å². The molecular formula is C39H45N7O5S. The quantitative estimate of drug-likeness (QED) is 0.0853. The fourth-order valence-corrected chi connectivity index (χ4v) is 9.13. The lowest BCUT2D eigenvalue weighted by atomic mass is 9.98. The molecular weight excluding hydrogens is 679 g/mol. The molecule has 0 radical (unpaired) electrons. The van der Waals surface area contributed by atoms with E-state index in [0.29, 0.717) is 31.2 Å². The highest BCUT2D eigenvalue weighted by molar-refractivity contribution is 8.00. The SMILES string of the molecule is CN(Cc1cc2ccccc2n1CCC(=O)NNC(=O)CCCC[C@H]1SC[C@@H]2NC(=O)N[C@@H]21)N(C)C(=O)OCC1c2ccccc2-c2ccccc21. The van der Waals surface area contributed by atoms with Gasteiger partial charge in [-0.3, -0.25) is 20.4 Å². The van der Waals surface area contributed by atoms with Gasteiger partial charge >= 0.3 is 12.1 Å². The summed E-state index contributed by atoms with van der Waals surface area (Å²) in [6.07, 6.45) is 2.51. The first-order valence-electron chi connectivity index (χ1n) is 17.9. The van der Waals surface area contributed by atoms with Crippen molar-refractivity contribution in [1.29, 1.82) is 0 Å². The Kier molecular flexibility index (Phi) is 10.7. The average molecular weight is 724 g/mol. The Hall–Kier alpha value is -5.01. The first-order chi connectivity index (χ1) is 25.3. The maximum absolute atomic E-state index is 13.3. The molecule has 3 aliphatic rings. The molecule has 0 spiro atoms. The van der Waals surface area contributed by atoms with Crippen LogP contribution >= 0.6 is 11.8 Å². The standard InChI is InChI=1S/C39H45N7O5S/c1-44(45(2)39(50)51-23-31-29-14-6-4-12-27(29)28-13-5-7-15-30(28)31)22-26-21-25-11-3-8-16-33(25)46(26)20-19-36(48)43-42-35(47)18-10-9-17-34-37-32(24-52-34)40-38(49)41-37/h3-8,11-16,21,31-32,34,37H,9-10,17-20,22-24H2,1-2H3,(H,42,47)(H,43,48)(H2,40,41,49)/t32-,34+,37-/m0/s1. The Morgan fingerprint density at radius 1 is 0.885 bits per heavy atom. The minimum absolute atomic E-state index is 0.0289. The summed E-state index contributed by atoms with van der Waals surface area (Å²) in [5, 5.41) is 10.6. The minimum atomic E-state index is -0.451. The Morgan fingerprint density at radius 3 is 2.31 bits per heavy atom. The molecule has 2 fully saturated rings. The topological polar surface area (TPSA) is 137 Å². The summed E-state index contributed by atoms with van der Waals surface area (Å²) in [7, 11) is 3.52. The van der Waals surface area contributed by atoms with Crippen molar-refractivity contribution in [2.75, 3.05) is 26.5 Å².